The molecule has 0 amide bonds. The molecule has 0 bridgehead atoms. The molecule has 1 spiro atoms. The SMILES string of the molecule is c1ccc(N(c2ccc(-c3cccc4ccccc34)cc2)c2ccc3c(c2)[Si]2(c4ccccc4O3)c3ccccc3Sc3ccccc32)cc1. The van der Waals surface area contributed by atoms with Crippen LogP contribution in [0.25, 0.3) is 21.9 Å². The first kappa shape index (κ1) is 29.1. The van der Waals surface area contributed by atoms with Crippen LogP contribution in [0.3, 0.4) is 0 Å². The van der Waals surface area contributed by atoms with E-state index >= 15 is 0 Å². The minimum absolute atomic E-state index is 0.940. The fourth-order valence-corrected chi connectivity index (χ4v) is 15.2. The monoisotopic (exact) mass is 673 g/mol. The van der Waals surface area contributed by atoms with Crippen molar-refractivity contribution in [3.8, 4) is 22.6 Å². The van der Waals surface area contributed by atoms with E-state index in [0.717, 1.165) is 28.6 Å². The zero-order valence-electron chi connectivity index (χ0n) is 27.2. The van der Waals surface area contributed by atoms with E-state index in [1.54, 1.807) is 0 Å². The average molecular weight is 674 g/mol. The summed E-state index contributed by atoms with van der Waals surface area (Å²) in [6, 6.07) is 68.5. The van der Waals surface area contributed by atoms with Gasteiger partial charge in [-0.05, 0) is 103 Å². The van der Waals surface area contributed by atoms with E-state index < -0.39 is 8.07 Å². The fraction of sp³-hybridized carbons (Fsp3) is 0. The Morgan fingerprint density at radius 3 is 1.78 bits per heavy atom. The lowest BCUT2D eigenvalue weighted by Gasteiger charge is -2.43. The van der Waals surface area contributed by atoms with Gasteiger partial charge in [0.05, 0.1) is 0 Å². The van der Waals surface area contributed by atoms with Crippen molar-refractivity contribution in [1.82, 2.24) is 0 Å². The highest BCUT2D eigenvalue weighted by atomic mass is 32.2. The highest BCUT2D eigenvalue weighted by Crippen LogP contribution is 2.41. The van der Waals surface area contributed by atoms with Crippen LogP contribution in [0.5, 0.6) is 11.5 Å². The largest absolute Gasteiger partial charge is 0.458 e. The third-order valence-electron chi connectivity index (χ3n) is 10.2. The number of benzene rings is 8. The smallest absolute Gasteiger partial charge is 0.190 e. The molecule has 4 heteroatoms. The van der Waals surface area contributed by atoms with Crippen LogP contribution in [0.4, 0.5) is 17.1 Å². The Balaban J connectivity index is 1.19. The van der Waals surface area contributed by atoms with Crippen LogP contribution in [-0.2, 0) is 0 Å². The summed E-state index contributed by atoms with van der Waals surface area (Å²) in [6.07, 6.45) is 0. The van der Waals surface area contributed by atoms with Gasteiger partial charge in [0.1, 0.15) is 11.5 Å². The summed E-state index contributed by atoms with van der Waals surface area (Å²) >= 11 is 1.89. The second-order valence-electron chi connectivity index (χ2n) is 12.9. The third kappa shape index (κ3) is 4.42. The molecule has 50 heavy (non-hydrogen) atoms. The van der Waals surface area contributed by atoms with Gasteiger partial charge in [0.2, 0.25) is 0 Å². The molecule has 0 atom stereocenters. The summed E-state index contributed by atoms with van der Waals surface area (Å²) in [5.74, 6) is 1.90. The van der Waals surface area contributed by atoms with Crippen molar-refractivity contribution in [2.45, 2.75) is 9.79 Å². The van der Waals surface area contributed by atoms with Crippen LogP contribution in [0.1, 0.15) is 0 Å². The Morgan fingerprint density at radius 1 is 0.420 bits per heavy atom. The first-order chi connectivity index (χ1) is 24.8. The molecule has 0 saturated heterocycles. The third-order valence-corrected chi connectivity index (χ3v) is 16.6. The number of nitrogens with zero attached hydrogens (tertiary/aromatic N) is 1. The van der Waals surface area contributed by atoms with Gasteiger partial charge in [-0.25, -0.2) is 0 Å². The maximum atomic E-state index is 6.79. The molecule has 8 aromatic rings. The molecule has 2 nitrogen and oxygen atoms in total. The number of para-hydroxylation sites is 2. The van der Waals surface area contributed by atoms with Crippen LogP contribution in [0.2, 0.25) is 0 Å². The predicted molar refractivity (Wildman–Crippen MR) is 212 cm³/mol. The number of fused-ring (bicyclic) bond motifs is 9. The fourth-order valence-electron chi connectivity index (χ4n) is 8.03. The van der Waals surface area contributed by atoms with E-state index in [0.29, 0.717) is 0 Å². The quantitative estimate of drug-likeness (QED) is 0.173. The van der Waals surface area contributed by atoms with Gasteiger partial charge in [-0.3, -0.25) is 0 Å². The standard InChI is InChI=1S/C46H31NOSSi/c1-2-15-34(16-3-1)47(35-27-25-33(26-28-35)38-18-12-14-32-13-4-5-17-37(32)38)36-29-30-40-46(31-36)50(43-22-9-6-19-39(43)48-40)44-23-10-7-20-41(44)49-42-21-8-11-24-45(42)50/h1-31H. The zero-order valence-corrected chi connectivity index (χ0v) is 29.0. The molecule has 0 aliphatic carbocycles. The van der Waals surface area contributed by atoms with Crippen LogP contribution < -0.4 is 30.4 Å². The molecule has 0 radical (unpaired) electrons. The van der Waals surface area contributed by atoms with Gasteiger partial charge < -0.3 is 9.64 Å². The molecule has 10 rings (SSSR count). The molecule has 2 aliphatic heterocycles. The Bertz CT molecular complexity index is 2460. The van der Waals surface area contributed by atoms with Gasteiger partial charge in [-0.2, -0.15) is 0 Å². The molecular formula is C46H31NOSSi. The van der Waals surface area contributed by atoms with Crippen molar-refractivity contribution in [2.24, 2.45) is 0 Å². The number of hydrogen-bond donors (Lipinski definition) is 0. The molecule has 0 N–H and O–H groups in total. The summed E-state index contributed by atoms with van der Waals surface area (Å²) in [5.41, 5.74) is 5.77. The summed E-state index contributed by atoms with van der Waals surface area (Å²) in [6.45, 7) is 0. The average Bonchev–Trinajstić information content (AvgIpc) is 3.18. The summed E-state index contributed by atoms with van der Waals surface area (Å²) in [5, 5.41) is 7.93. The van der Waals surface area contributed by atoms with Crippen molar-refractivity contribution in [3.63, 3.8) is 0 Å². The Hall–Kier alpha value is -5.81. The van der Waals surface area contributed by atoms with E-state index in [1.807, 2.05) is 11.8 Å². The predicted octanol–water partition coefficient (Wildman–Crippen LogP) is 9.92. The number of rotatable bonds is 4. The van der Waals surface area contributed by atoms with E-state index in [1.165, 1.54) is 52.4 Å². The zero-order chi connectivity index (χ0) is 33.1. The molecular weight excluding hydrogens is 643 g/mol. The van der Waals surface area contributed by atoms with Gasteiger partial charge in [0.25, 0.3) is 0 Å². The van der Waals surface area contributed by atoms with E-state index in [-0.39, 0.29) is 0 Å². The molecule has 0 saturated carbocycles. The first-order valence-corrected chi connectivity index (χ1v) is 19.8. The van der Waals surface area contributed by atoms with Crippen LogP contribution in [0.15, 0.2) is 198 Å². The van der Waals surface area contributed by atoms with Crippen LogP contribution >= 0.6 is 11.8 Å². The maximum absolute atomic E-state index is 6.79. The highest BCUT2D eigenvalue weighted by molar-refractivity contribution is 8.00. The van der Waals surface area contributed by atoms with Crippen LogP contribution in [-0.4, -0.2) is 8.07 Å². The van der Waals surface area contributed by atoms with E-state index in [2.05, 4.69) is 193 Å². The van der Waals surface area contributed by atoms with Crippen molar-refractivity contribution < 1.29 is 4.74 Å². The molecule has 2 heterocycles. The molecule has 236 valence electrons. The van der Waals surface area contributed by atoms with Gasteiger partial charge in [0.15, 0.2) is 8.07 Å². The van der Waals surface area contributed by atoms with E-state index in [4.69, 9.17) is 4.74 Å². The molecule has 0 aromatic heterocycles. The first-order valence-electron chi connectivity index (χ1n) is 17.0. The minimum atomic E-state index is -2.78. The lowest BCUT2D eigenvalue weighted by Crippen LogP contribution is -2.77. The number of ether oxygens (including phenoxy) is 1. The lowest BCUT2D eigenvalue weighted by atomic mass is 9.98. The summed E-state index contributed by atoms with van der Waals surface area (Å²) < 4.78 is 6.79. The van der Waals surface area contributed by atoms with Gasteiger partial charge in [-0.15, -0.1) is 0 Å². The van der Waals surface area contributed by atoms with E-state index in [9.17, 15) is 0 Å². The molecule has 0 fully saturated rings. The normalized spacial score (nSPS) is 13.4. The maximum Gasteiger partial charge on any atom is 0.190 e. The van der Waals surface area contributed by atoms with Crippen molar-refractivity contribution in [2.75, 3.05) is 4.90 Å². The highest BCUT2D eigenvalue weighted by Gasteiger charge is 2.52. The molecule has 8 aromatic carbocycles. The Morgan fingerprint density at radius 2 is 1.00 bits per heavy atom. The lowest BCUT2D eigenvalue weighted by molar-refractivity contribution is 0.487. The number of anilines is 3. The summed E-state index contributed by atoms with van der Waals surface area (Å²) in [4.78, 5) is 5.04. The van der Waals surface area contributed by atoms with Gasteiger partial charge in [-0.1, -0.05) is 139 Å². The van der Waals surface area contributed by atoms with Crippen molar-refractivity contribution in [3.05, 3.63) is 188 Å². The summed E-state index contributed by atoms with van der Waals surface area (Å²) in [7, 11) is -2.78. The van der Waals surface area contributed by atoms with Crippen molar-refractivity contribution >= 4 is 68.4 Å². The molecule has 0 unspecified atom stereocenters. The Kier molecular flexibility index (Phi) is 6.79. The molecule has 2 aliphatic rings. The van der Waals surface area contributed by atoms with Gasteiger partial charge >= 0.3 is 0 Å². The van der Waals surface area contributed by atoms with Crippen molar-refractivity contribution in [1.29, 1.82) is 0 Å². The second-order valence-corrected chi connectivity index (χ2v) is 17.6. The Labute approximate surface area is 297 Å². The second kappa shape index (κ2) is 11.7. The minimum Gasteiger partial charge on any atom is -0.458 e. The number of hydrogen-bond acceptors (Lipinski definition) is 3. The van der Waals surface area contributed by atoms with Gasteiger partial charge in [0, 0.05) is 26.9 Å². The topological polar surface area (TPSA) is 12.5 Å². The van der Waals surface area contributed by atoms with Crippen LogP contribution in [0, 0.1) is 0 Å².